The smallest absolute Gasteiger partial charge is 0.325 e. The number of rotatable bonds is 5. The van der Waals surface area contributed by atoms with Gasteiger partial charge >= 0.3 is 5.97 Å². The Morgan fingerprint density at radius 2 is 2.09 bits per heavy atom. The van der Waals surface area contributed by atoms with Gasteiger partial charge in [0.25, 0.3) is 0 Å². The largest absolute Gasteiger partial charge is 0.465 e. The molecular formula is C16H19ClN2O3. The normalized spacial score (nSPS) is 16.3. The minimum absolute atomic E-state index is 0.130. The minimum Gasteiger partial charge on any atom is -0.465 e. The van der Waals surface area contributed by atoms with Crippen molar-refractivity contribution in [3.63, 3.8) is 0 Å². The molecule has 0 unspecified atom stereocenters. The Labute approximate surface area is 134 Å². The fourth-order valence-corrected chi connectivity index (χ4v) is 2.34. The van der Waals surface area contributed by atoms with E-state index in [1.807, 2.05) is 4.90 Å². The Morgan fingerprint density at radius 1 is 1.36 bits per heavy atom. The Hall–Kier alpha value is -2.01. The van der Waals surface area contributed by atoms with Gasteiger partial charge in [0, 0.05) is 29.8 Å². The van der Waals surface area contributed by atoms with Crippen LogP contribution in [0.5, 0.6) is 0 Å². The van der Waals surface area contributed by atoms with Crippen molar-refractivity contribution in [2.45, 2.75) is 13.3 Å². The highest BCUT2D eigenvalue weighted by Crippen LogP contribution is 2.13. The number of nitrogens with zero attached hydrogens (tertiary/aromatic N) is 1. The lowest BCUT2D eigenvalue weighted by Crippen LogP contribution is -2.42. The van der Waals surface area contributed by atoms with Gasteiger partial charge in [0.05, 0.1) is 6.61 Å². The molecule has 1 heterocycles. The predicted octanol–water partition coefficient (Wildman–Crippen LogP) is 2.22. The summed E-state index contributed by atoms with van der Waals surface area (Å²) in [5.41, 5.74) is 0.556. The summed E-state index contributed by atoms with van der Waals surface area (Å²) in [5, 5.41) is 3.75. The maximum Gasteiger partial charge on any atom is 0.325 e. The average Bonchev–Trinajstić information content (AvgIpc) is 2.50. The van der Waals surface area contributed by atoms with E-state index in [4.69, 9.17) is 16.3 Å². The van der Waals surface area contributed by atoms with Crippen molar-refractivity contribution in [2.75, 3.05) is 26.2 Å². The highest BCUT2D eigenvalue weighted by molar-refractivity contribution is 6.30. The molecule has 0 saturated carbocycles. The molecule has 0 amide bonds. The predicted molar refractivity (Wildman–Crippen MR) is 84.7 cm³/mol. The lowest BCUT2D eigenvalue weighted by Gasteiger charge is -2.31. The van der Waals surface area contributed by atoms with Gasteiger partial charge in [-0.15, -0.1) is 0 Å². The van der Waals surface area contributed by atoms with Crippen LogP contribution in [0.15, 0.2) is 36.2 Å². The minimum atomic E-state index is -0.295. The number of hydrogen-bond donors (Lipinski definition) is 1. The molecule has 0 radical (unpaired) electrons. The Kier molecular flexibility index (Phi) is 5.83. The summed E-state index contributed by atoms with van der Waals surface area (Å²) in [6.07, 6.45) is 2.42. The molecule has 1 aliphatic rings. The first-order valence-electron chi connectivity index (χ1n) is 7.26. The summed E-state index contributed by atoms with van der Waals surface area (Å²) in [7, 11) is 0. The molecule has 0 bridgehead atoms. The van der Waals surface area contributed by atoms with Crippen LogP contribution < -0.4 is 5.32 Å². The van der Waals surface area contributed by atoms with Crippen LogP contribution >= 0.6 is 11.6 Å². The Morgan fingerprint density at radius 3 is 2.77 bits per heavy atom. The molecule has 1 aliphatic heterocycles. The zero-order valence-electron chi connectivity index (χ0n) is 12.5. The summed E-state index contributed by atoms with van der Waals surface area (Å²) in [5.74, 6) is 0.227. The highest BCUT2D eigenvalue weighted by Gasteiger charge is 2.19. The van der Waals surface area contributed by atoms with Gasteiger partial charge in [0.2, 0.25) is 0 Å². The number of benzene rings is 1. The van der Waals surface area contributed by atoms with Crippen molar-refractivity contribution in [1.82, 2.24) is 10.2 Å². The number of esters is 1. The van der Waals surface area contributed by atoms with E-state index >= 15 is 0 Å². The Balaban J connectivity index is 2.10. The van der Waals surface area contributed by atoms with Crippen LogP contribution in [-0.2, 0) is 9.53 Å². The van der Waals surface area contributed by atoms with Gasteiger partial charge in [-0.2, -0.15) is 0 Å². The number of hydrogen-bond acceptors (Lipinski definition) is 5. The van der Waals surface area contributed by atoms with Gasteiger partial charge < -0.3 is 15.0 Å². The van der Waals surface area contributed by atoms with Crippen molar-refractivity contribution < 1.29 is 14.3 Å². The fourth-order valence-electron chi connectivity index (χ4n) is 2.21. The molecule has 1 fully saturated rings. The maximum absolute atomic E-state index is 12.3. The molecule has 0 aliphatic carbocycles. The van der Waals surface area contributed by atoms with Gasteiger partial charge in [0.1, 0.15) is 12.4 Å². The van der Waals surface area contributed by atoms with E-state index in [1.54, 1.807) is 31.2 Å². The first-order chi connectivity index (χ1) is 10.6. The van der Waals surface area contributed by atoms with E-state index in [9.17, 15) is 9.59 Å². The molecule has 2 rings (SSSR count). The third-order valence-electron chi connectivity index (χ3n) is 3.27. The number of nitrogens with one attached hydrogen (secondary N) is 1. The van der Waals surface area contributed by atoms with Crippen LogP contribution in [0.3, 0.4) is 0 Å². The first kappa shape index (κ1) is 16.4. The van der Waals surface area contributed by atoms with Gasteiger partial charge in [-0.3, -0.25) is 9.59 Å². The van der Waals surface area contributed by atoms with Gasteiger partial charge in [-0.1, -0.05) is 11.6 Å². The van der Waals surface area contributed by atoms with Gasteiger partial charge in [-0.05, 0) is 37.6 Å². The van der Waals surface area contributed by atoms with Crippen LogP contribution in [0.25, 0.3) is 0 Å². The van der Waals surface area contributed by atoms with E-state index < -0.39 is 0 Å². The number of carbonyl (C=O) groups excluding carboxylic acids is 2. The fraction of sp³-hybridized carbons (Fsp3) is 0.375. The monoisotopic (exact) mass is 322 g/mol. The third-order valence-corrected chi connectivity index (χ3v) is 3.53. The zero-order valence-corrected chi connectivity index (χ0v) is 13.2. The van der Waals surface area contributed by atoms with E-state index in [2.05, 4.69) is 5.32 Å². The molecule has 5 nitrogen and oxygen atoms in total. The Bertz CT molecular complexity index is 569. The molecule has 1 aromatic rings. The maximum atomic E-state index is 12.3. The number of ether oxygens (including phenoxy) is 1. The van der Waals surface area contributed by atoms with Crippen LogP contribution in [0.4, 0.5) is 0 Å². The number of carbonyl (C=O) groups is 2. The lowest BCUT2D eigenvalue weighted by molar-refractivity contribution is -0.144. The van der Waals surface area contributed by atoms with E-state index in [0.29, 0.717) is 29.6 Å². The molecule has 0 spiro atoms. The van der Waals surface area contributed by atoms with Crippen LogP contribution in [0.2, 0.25) is 5.02 Å². The summed E-state index contributed by atoms with van der Waals surface area (Å²) in [4.78, 5) is 25.7. The second-order valence-corrected chi connectivity index (χ2v) is 5.34. The summed E-state index contributed by atoms with van der Waals surface area (Å²) >= 11 is 5.82. The molecule has 0 atom stereocenters. The molecule has 1 aromatic carbocycles. The molecule has 118 valence electrons. The van der Waals surface area contributed by atoms with Gasteiger partial charge in [-0.25, -0.2) is 0 Å². The van der Waals surface area contributed by atoms with Crippen LogP contribution in [-0.4, -0.2) is 42.9 Å². The quantitative estimate of drug-likeness (QED) is 0.512. The number of halogens is 1. The van der Waals surface area contributed by atoms with Crippen LogP contribution in [0.1, 0.15) is 23.7 Å². The van der Waals surface area contributed by atoms with E-state index in [0.717, 1.165) is 13.0 Å². The molecular weight excluding hydrogens is 304 g/mol. The van der Waals surface area contributed by atoms with Crippen molar-refractivity contribution in [2.24, 2.45) is 0 Å². The molecule has 22 heavy (non-hydrogen) atoms. The van der Waals surface area contributed by atoms with Crippen molar-refractivity contribution in [3.05, 3.63) is 46.7 Å². The molecule has 1 N–H and O–H groups in total. The second kappa shape index (κ2) is 7.84. The van der Waals surface area contributed by atoms with Crippen molar-refractivity contribution >= 4 is 23.4 Å². The number of allylic oxidation sites excluding steroid dienone is 1. The van der Waals surface area contributed by atoms with Gasteiger partial charge in [0.15, 0.2) is 5.78 Å². The standard InChI is InChI=1S/C16H19ClN2O3/c1-2-22-16(21)11-19-9-3-8-18-15(19)10-14(20)12-4-6-13(17)7-5-12/h4-7,10,18H,2-3,8-9,11H2,1H3/b15-10+. The van der Waals surface area contributed by atoms with E-state index in [1.165, 1.54) is 6.08 Å². The first-order valence-corrected chi connectivity index (χ1v) is 7.64. The summed E-state index contributed by atoms with van der Waals surface area (Å²) < 4.78 is 4.96. The highest BCUT2D eigenvalue weighted by atomic mass is 35.5. The van der Waals surface area contributed by atoms with Crippen molar-refractivity contribution in [3.8, 4) is 0 Å². The average molecular weight is 323 g/mol. The zero-order chi connectivity index (χ0) is 15.9. The SMILES string of the molecule is CCOC(=O)CN1CCCN/C1=C\C(=O)c1ccc(Cl)cc1. The van der Waals surface area contributed by atoms with Crippen LogP contribution in [0, 0.1) is 0 Å². The lowest BCUT2D eigenvalue weighted by atomic mass is 10.1. The summed E-state index contributed by atoms with van der Waals surface area (Å²) in [6, 6.07) is 6.72. The third kappa shape index (κ3) is 4.49. The van der Waals surface area contributed by atoms with E-state index in [-0.39, 0.29) is 18.3 Å². The summed E-state index contributed by atoms with van der Waals surface area (Å²) in [6.45, 7) is 3.75. The molecule has 1 saturated heterocycles. The molecule has 6 heteroatoms. The van der Waals surface area contributed by atoms with Crippen molar-refractivity contribution in [1.29, 1.82) is 0 Å². The second-order valence-electron chi connectivity index (χ2n) is 4.91. The topological polar surface area (TPSA) is 58.6 Å². The number of ketones is 1. The molecule has 0 aromatic heterocycles.